The normalized spacial score (nSPS) is 12.1. The van der Waals surface area contributed by atoms with E-state index in [0.717, 1.165) is 16.6 Å². The summed E-state index contributed by atoms with van der Waals surface area (Å²) in [4.78, 5) is 15.4. The lowest BCUT2D eigenvalue weighted by molar-refractivity contribution is -0.116. The molecule has 0 aromatic carbocycles. The molecule has 0 atom stereocenters. The molecule has 0 bridgehead atoms. The van der Waals surface area contributed by atoms with Gasteiger partial charge in [0, 0.05) is 13.5 Å². The van der Waals surface area contributed by atoms with E-state index in [1.807, 2.05) is 6.92 Å². The van der Waals surface area contributed by atoms with E-state index in [-0.39, 0.29) is 5.91 Å². The van der Waals surface area contributed by atoms with Gasteiger partial charge in [-0.1, -0.05) is 30.0 Å². The van der Waals surface area contributed by atoms with Crippen LogP contribution < -0.4 is 4.80 Å². The van der Waals surface area contributed by atoms with Crippen LogP contribution in [0.1, 0.15) is 20.8 Å². The summed E-state index contributed by atoms with van der Waals surface area (Å²) in [7, 11) is 0. The maximum atomic E-state index is 10.8. The highest BCUT2D eigenvalue weighted by molar-refractivity contribution is 8.00. The molecule has 0 aliphatic carbocycles. The monoisotopic (exact) mass is 231 g/mol. The van der Waals surface area contributed by atoms with Crippen LogP contribution in [0, 0.1) is 0 Å². The highest BCUT2D eigenvalue weighted by atomic mass is 32.2. The summed E-state index contributed by atoms with van der Waals surface area (Å²) >= 11 is 3.13. The first-order valence-corrected chi connectivity index (χ1v) is 6.23. The standard InChI is InChI=1S/C8H13N3OS2/c1-4-11-7(9-6(3)12)14-8(10-11)13-5-2/h4-5H2,1-3H3. The largest absolute Gasteiger partial charge is 0.273 e. The average molecular weight is 231 g/mol. The first-order chi connectivity index (χ1) is 6.67. The Morgan fingerprint density at radius 3 is 2.86 bits per heavy atom. The van der Waals surface area contributed by atoms with Crippen LogP contribution in [0.5, 0.6) is 0 Å². The van der Waals surface area contributed by atoms with Gasteiger partial charge in [-0.05, 0) is 12.7 Å². The molecule has 0 N–H and O–H groups in total. The molecule has 1 aromatic rings. The minimum absolute atomic E-state index is 0.177. The zero-order valence-corrected chi connectivity index (χ0v) is 10.1. The molecule has 0 fully saturated rings. The zero-order valence-electron chi connectivity index (χ0n) is 8.48. The first kappa shape index (κ1) is 11.5. The van der Waals surface area contributed by atoms with E-state index in [2.05, 4.69) is 17.0 Å². The predicted octanol–water partition coefficient (Wildman–Crippen LogP) is 1.52. The number of thioether (sulfide) groups is 1. The molecule has 6 heteroatoms. The van der Waals surface area contributed by atoms with Crippen molar-refractivity contribution in [2.45, 2.75) is 31.7 Å². The smallest absolute Gasteiger partial charge is 0.245 e. The molecule has 0 saturated heterocycles. The van der Waals surface area contributed by atoms with Crippen molar-refractivity contribution >= 4 is 29.0 Å². The van der Waals surface area contributed by atoms with Crippen LogP contribution in [0.2, 0.25) is 0 Å². The van der Waals surface area contributed by atoms with E-state index in [1.165, 1.54) is 18.3 Å². The van der Waals surface area contributed by atoms with Gasteiger partial charge in [-0.25, -0.2) is 4.68 Å². The fraction of sp³-hybridized carbons (Fsp3) is 0.625. The summed E-state index contributed by atoms with van der Waals surface area (Å²) < 4.78 is 2.72. The molecule has 1 aromatic heterocycles. The summed E-state index contributed by atoms with van der Waals surface area (Å²) in [5.41, 5.74) is 0. The predicted molar refractivity (Wildman–Crippen MR) is 58.4 cm³/mol. The number of hydrogen-bond donors (Lipinski definition) is 0. The topological polar surface area (TPSA) is 47.2 Å². The first-order valence-electron chi connectivity index (χ1n) is 4.43. The summed E-state index contributed by atoms with van der Waals surface area (Å²) in [6, 6.07) is 0. The van der Waals surface area contributed by atoms with Crippen molar-refractivity contribution < 1.29 is 4.79 Å². The van der Waals surface area contributed by atoms with E-state index < -0.39 is 0 Å². The molecule has 0 aliphatic heterocycles. The average Bonchev–Trinajstić information content (AvgIpc) is 2.47. The van der Waals surface area contributed by atoms with Gasteiger partial charge < -0.3 is 0 Å². The molecule has 1 heterocycles. The second kappa shape index (κ2) is 5.31. The van der Waals surface area contributed by atoms with E-state index in [4.69, 9.17) is 0 Å². The molecular weight excluding hydrogens is 218 g/mol. The fourth-order valence-electron chi connectivity index (χ4n) is 0.896. The fourth-order valence-corrected chi connectivity index (χ4v) is 2.86. The van der Waals surface area contributed by atoms with Crippen molar-refractivity contribution in [1.82, 2.24) is 9.78 Å². The molecule has 1 amide bonds. The number of hydrogen-bond acceptors (Lipinski definition) is 4. The lowest BCUT2D eigenvalue weighted by Gasteiger charge is -1.91. The molecule has 14 heavy (non-hydrogen) atoms. The van der Waals surface area contributed by atoms with Crippen LogP contribution in [0.15, 0.2) is 9.33 Å². The molecule has 0 saturated carbocycles. The molecule has 0 spiro atoms. The van der Waals surface area contributed by atoms with Crippen molar-refractivity contribution in [3.05, 3.63) is 4.80 Å². The van der Waals surface area contributed by atoms with Gasteiger partial charge in [-0.15, -0.1) is 0 Å². The number of amides is 1. The van der Waals surface area contributed by atoms with Crippen LogP contribution in [0.3, 0.4) is 0 Å². The van der Waals surface area contributed by atoms with Gasteiger partial charge >= 0.3 is 0 Å². The van der Waals surface area contributed by atoms with Crippen molar-refractivity contribution in [2.24, 2.45) is 4.99 Å². The van der Waals surface area contributed by atoms with Crippen LogP contribution in [0.25, 0.3) is 0 Å². The zero-order chi connectivity index (χ0) is 10.6. The molecule has 78 valence electrons. The Kier molecular flexibility index (Phi) is 4.34. The van der Waals surface area contributed by atoms with Crippen molar-refractivity contribution in [3.8, 4) is 0 Å². The van der Waals surface area contributed by atoms with Crippen LogP contribution in [0.4, 0.5) is 0 Å². The van der Waals surface area contributed by atoms with Gasteiger partial charge in [0.15, 0.2) is 4.34 Å². The number of rotatable bonds is 3. The molecule has 1 rings (SSSR count). The van der Waals surface area contributed by atoms with Crippen molar-refractivity contribution in [2.75, 3.05) is 5.75 Å². The minimum Gasteiger partial charge on any atom is -0.273 e. The summed E-state index contributed by atoms with van der Waals surface area (Å²) in [6.07, 6.45) is 0. The number of nitrogens with zero attached hydrogens (tertiary/aromatic N) is 3. The highest BCUT2D eigenvalue weighted by Gasteiger charge is 2.03. The number of carbonyl (C=O) groups is 1. The third-order valence-electron chi connectivity index (χ3n) is 1.42. The van der Waals surface area contributed by atoms with Crippen LogP contribution >= 0.6 is 23.1 Å². The Morgan fingerprint density at radius 1 is 1.64 bits per heavy atom. The lowest BCUT2D eigenvalue weighted by atomic mass is 10.7. The number of aryl methyl sites for hydroxylation is 1. The lowest BCUT2D eigenvalue weighted by Crippen LogP contribution is -2.16. The third-order valence-corrected chi connectivity index (χ3v) is 3.38. The maximum Gasteiger partial charge on any atom is 0.245 e. The summed E-state index contributed by atoms with van der Waals surface area (Å²) in [6.45, 7) is 6.25. The number of aromatic nitrogens is 2. The quantitative estimate of drug-likeness (QED) is 0.741. The molecule has 0 unspecified atom stereocenters. The molecular formula is C8H13N3OS2. The van der Waals surface area contributed by atoms with Gasteiger partial charge in [0.1, 0.15) is 0 Å². The van der Waals surface area contributed by atoms with Gasteiger partial charge in [-0.2, -0.15) is 10.1 Å². The van der Waals surface area contributed by atoms with E-state index in [0.29, 0.717) is 4.80 Å². The highest BCUT2D eigenvalue weighted by Crippen LogP contribution is 2.16. The second-order valence-electron chi connectivity index (χ2n) is 2.53. The Hall–Kier alpha value is -0.620. The summed E-state index contributed by atoms with van der Waals surface area (Å²) in [5.74, 6) is 0.806. The van der Waals surface area contributed by atoms with E-state index in [9.17, 15) is 4.79 Å². The summed E-state index contributed by atoms with van der Waals surface area (Å²) in [5, 5.41) is 4.32. The van der Waals surface area contributed by atoms with Crippen LogP contribution in [-0.4, -0.2) is 21.4 Å². The Morgan fingerprint density at radius 2 is 2.36 bits per heavy atom. The van der Waals surface area contributed by atoms with E-state index >= 15 is 0 Å². The molecule has 4 nitrogen and oxygen atoms in total. The van der Waals surface area contributed by atoms with E-state index in [1.54, 1.807) is 16.4 Å². The molecule has 0 aliphatic rings. The Bertz CT molecular complexity index is 380. The van der Waals surface area contributed by atoms with Crippen LogP contribution in [-0.2, 0) is 11.3 Å². The second-order valence-corrected chi connectivity index (χ2v) is 5.00. The van der Waals surface area contributed by atoms with Crippen molar-refractivity contribution in [1.29, 1.82) is 0 Å². The van der Waals surface area contributed by atoms with Gasteiger partial charge in [0.05, 0.1) is 0 Å². The minimum atomic E-state index is -0.177. The van der Waals surface area contributed by atoms with Gasteiger partial charge in [0.2, 0.25) is 10.7 Å². The van der Waals surface area contributed by atoms with Gasteiger partial charge in [0.25, 0.3) is 0 Å². The Labute approximate surface area is 91.1 Å². The SMILES string of the molecule is CCSc1nn(CC)c(=NC(C)=O)s1. The Balaban J connectivity index is 3.08. The molecule has 0 radical (unpaired) electrons. The third kappa shape index (κ3) is 2.95. The van der Waals surface area contributed by atoms with Crippen molar-refractivity contribution in [3.63, 3.8) is 0 Å². The maximum absolute atomic E-state index is 10.8. The number of carbonyl (C=O) groups excluding carboxylic acids is 1. The van der Waals surface area contributed by atoms with Gasteiger partial charge in [-0.3, -0.25) is 4.79 Å².